The maximum Gasteiger partial charge on any atom is 0.250 e. The Morgan fingerprint density at radius 3 is 1.79 bits per heavy atom. The number of halogens is 3. The second-order valence-corrected chi connectivity index (χ2v) is 7.63. The molecule has 3 N–H and O–H groups in total. The topological polar surface area (TPSA) is 87.1 Å². The van der Waals surface area contributed by atoms with Gasteiger partial charge in [-0.1, -0.05) is 48.0 Å². The van der Waals surface area contributed by atoms with Crippen molar-refractivity contribution in [3.05, 3.63) is 106 Å². The van der Waals surface area contributed by atoms with Crippen molar-refractivity contribution in [2.45, 2.75) is 13.1 Å². The number of benzene rings is 3. The van der Waals surface area contributed by atoms with Gasteiger partial charge in [0.2, 0.25) is 17.8 Å². The van der Waals surface area contributed by atoms with Crippen molar-refractivity contribution in [2.24, 2.45) is 5.10 Å². The van der Waals surface area contributed by atoms with Gasteiger partial charge in [0.25, 0.3) is 0 Å². The van der Waals surface area contributed by atoms with Crippen molar-refractivity contribution in [3.8, 4) is 0 Å². The molecule has 0 unspecified atom stereocenters. The summed E-state index contributed by atoms with van der Waals surface area (Å²) in [6, 6.07) is 19.5. The van der Waals surface area contributed by atoms with Crippen LogP contribution < -0.4 is 16.1 Å². The summed E-state index contributed by atoms with van der Waals surface area (Å²) in [7, 11) is 0. The fraction of sp³-hybridized carbons (Fsp3) is 0.0833. The molecule has 0 fully saturated rings. The van der Waals surface area contributed by atoms with Crippen molar-refractivity contribution in [2.75, 3.05) is 16.1 Å². The van der Waals surface area contributed by atoms with Crippen LogP contribution in [0.5, 0.6) is 0 Å². The van der Waals surface area contributed by atoms with Crippen LogP contribution in [0.25, 0.3) is 0 Å². The van der Waals surface area contributed by atoms with Gasteiger partial charge in [-0.25, -0.2) is 14.2 Å². The van der Waals surface area contributed by atoms with Crippen molar-refractivity contribution >= 4 is 35.7 Å². The first-order chi connectivity index (χ1) is 16.5. The maximum absolute atomic E-state index is 13.2. The van der Waals surface area contributed by atoms with Gasteiger partial charge in [-0.05, 0) is 53.1 Å². The largest absolute Gasteiger partial charge is 0.350 e. The van der Waals surface area contributed by atoms with Gasteiger partial charge in [0, 0.05) is 18.1 Å². The molecule has 1 aromatic heterocycles. The lowest BCUT2D eigenvalue weighted by atomic mass is 10.2. The summed E-state index contributed by atoms with van der Waals surface area (Å²) in [4.78, 5) is 13.0. The second-order valence-electron chi connectivity index (χ2n) is 7.19. The van der Waals surface area contributed by atoms with Crippen LogP contribution in [-0.2, 0) is 13.1 Å². The molecule has 0 spiro atoms. The third kappa shape index (κ3) is 6.94. The zero-order valence-electron chi connectivity index (χ0n) is 17.8. The van der Waals surface area contributed by atoms with Crippen molar-refractivity contribution in [1.29, 1.82) is 0 Å². The molecule has 0 saturated carbocycles. The van der Waals surface area contributed by atoms with E-state index in [0.717, 1.165) is 16.7 Å². The summed E-state index contributed by atoms with van der Waals surface area (Å²) < 4.78 is 26.3. The molecule has 7 nitrogen and oxygen atoms in total. The summed E-state index contributed by atoms with van der Waals surface area (Å²) in [5.74, 6) is 0.180. The summed E-state index contributed by atoms with van der Waals surface area (Å²) in [6.45, 7) is 0.764. The third-order valence-electron chi connectivity index (χ3n) is 4.59. The van der Waals surface area contributed by atoms with Crippen LogP contribution in [0.4, 0.5) is 26.6 Å². The molecule has 0 radical (unpaired) electrons. The first-order valence-corrected chi connectivity index (χ1v) is 10.7. The van der Waals surface area contributed by atoms with Gasteiger partial charge in [-0.15, -0.1) is 0 Å². The lowest BCUT2D eigenvalue weighted by molar-refractivity contribution is 0.626. The Morgan fingerprint density at radius 1 is 0.735 bits per heavy atom. The molecule has 0 aliphatic heterocycles. The zero-order valence-corrected chi connectivity index (χ0v) is 18.6. The van der Waals surface area contributed by atoms with Crippen LogP contribution >= 0.6 is 11.6 Å². The van der Waals surface area contributed by atoms with E-state index in [0.29, 0.717) is 30.0 Å². The Kier molecular flexibility index (Phi) is 7.56. The smallest absolute Gasteiger partial charge is 0.250 e. The van der Waals surface area contributed by atoms with Gasteiger partial charge in [0.1, 0.15) is 11.6 Å². The molecular weight excluding hydrogens is 460 g/mol. The van der Waals surface area contributed by atoms with Gasteiger partial charge in [-0.3, -0.25) is 0 Å². The quantitative estimate of drug-likeness (QED) is 0.218. The predicted molar refractivity (Wildman–Crippen MR) is 130 cm³/mol. The second kappa shape index (κ2) is 11.2. The molecule has 0 aliphatic carbocycles. The van der Waals surface area contributed by atoms with Gasteiger partial charge < -0.3 is 10.6 Å². The minimum Gasteiger partial charge on any atom is -0.350 e. The van der Waals surface area contributed by atoms with E-state index in [1.807, 2.05) is 12.1 Å². The summed E-state index contributed by atoms with van der Waals surface area (Å²) in [5.41, 5.74) is 5.31. The Hall–Kier alpha value is -4.11. The van der Waals surface area contributed by atoms with Crippen LogP contribution in [0, 0.1) is 11.6 Å². The Morgan fingerprint density at radius 2 is 1.26 bits per heavy atom. The van der Waals surface area contributed by atoms with E-state index in [-0.39, 0.29) is 17.6 Å². The highest BCUT2D eigenvalue weighted by molar-refractivity contribution is 6.30. The van der Waals surface area contributed by atoms with E-state index in [9.17, 15) is 8.78 Å². The molecule has 0 bridgehead atoms. The Balaban J connectivity index is 1.49. The number of hydrogen-bond donors (Lipinski definition) is 3. The molecule has 4 rings (SSSR count). The minimum absolute atomic E-state index is 0.205. The van der Waals surface area contributed by atoms with E-state index < -0.39 is 0 Å². The average molecular weight is 480 g/mol. The number of hydrazone groups is 1. The van der Waals surface area contributed by atoms with Crippen molar-refractivity contribution in [3.63, 3.8) is 0 Å². The van der Waals surface area contributed by atoms with E-state index in [2.05, 4.69) is 36.1 Å². The minimum atomic E-state index is -0.305. The molecular formula is C24H20ClF2N7. The highest BCUT2D eigenvalue weighted by Crippen LogP contribution is 2.14. The number of hydrogen-bond acceptors (Lipinski definition) is 7. The van der Waals surface area contributed by atoms with E-state index in [4.69, 9.17) is 11.6 Å². The molecule has 0 saturated heterocycles. The molecule has 0 atom stereocenters. The van der Waals surface area contributed by atoms with Gasteiger partial charge >= 0.3 is 0 Å². The molecule has 172 valence electrons. The number of aromatic nitrogens is 3. The first kappa shape index (κ1) is 23.1. The van der Waals surface area contributed by atoms with Gasteiger partial charge in [0.15, 0.2) is 0 Å². The summed E-state index contributed by atoms with van der Waals surface area (Å²) in [5, 5.41) is 11.0. The lowest BCUT2D eigenvalue weighted by Crippen LogP contribution is -2.11. The number of nitrogens with zero attached hydrogens (tertiary/aromatic N) is 4. The zero-order chi connectivity index (χ0) is 23.8. The standard InChI is InChI=1S/C24H20ClF2N7/c25-19-3-1-2-18(12-19)15-30-34-24-32-22(28-13-16-4-8-20(26)9-5-16)31-23(33-24)29-14-17-6-10-21(27)11-7-17/h1-12,15H,13-14H2,(H3,28,29,31,32,33,34)/b30-15+. The van der Waals surface area contributed by atoms with Crippen LogP contribution in [0.3, 0.4) is 0 Å². The first-order valence-electron chi connectivity index (χ1n) is 10.3. The fourth-order valence-electron chi connectivity index (χ4n) is 2.90. The molecule has 0 aliphatic rings. The molecule has 34 heavy (non-hydrogen) atoms. The molecule has 1 heterocycles. The SMILES string of the molecule is Fc1ccc(CNc2nc(NCc3ccc(F)cc3)nc(N/N=C/c3cccc(Cl)c3)n2)cc1. The van der Waals surface area contributed by atoms with Gasteiger partial charge in [0.05, 0.1) is 6.21 Å². The maximum atomic E-state index is 13.2. The molecule has 4 aromatic rings. The van der Waals surface area contributed by atoms with Crippen LogP contribution in [-0.4, -0.2) is 21.2 Å². The fourth-order valence-corrected chi connectivity index (χ4v) is 3.10. The molecule has 10 heteroatoms. The summed E-state index contributed by atoms with van der Waals surface area (Å²) in [6.07, 6.45) is 1.59. The lowest BCUT2D eigenvalue weighted by Gasteiger charge is -2.10. The monoisotopic (exact) mass is 479 g/mol. The van der Waals surface area contributed by atoms with E-state index >= 15 is 0 Å². The average Bonchev–Trinajstić information content (AvgIpc) is 2.83. The third-order valence-corrected chi connectivity index (χ3v) is 4.83. The van der Waals surface area contributed by atoms with Crippen LogP contribution in [0.1, 0.15) is 16.7 Å². The van der Waals surface area contributed by atoms with Gasteiger partial charge in [-0.2, -0.15) is 20.1 Å². The Labute approximate surface area is 200 Å². The number of anilines is 3. The van der Waals surface area contributed by atoms with E-state index in [1.165, 1.54) is 24.3 Å². The van der Waals surface area contributed by atoms with E-state index in [1.54, 1.807) is 42.6 Å². The predicted octanol–water partition coefficient (Wildman–Crippen LogP) is 5.47. The van der Waals surface area contributed by atoms with Crippen LogP contribution in [0.15, 0.2) is 77.9 Å². The highest BCUT2D eigenvalue weighted by atomic mass is 35.5. The number of nitrogens with one attached hydrogen (secondary N) is 3. The van der Waals surface area contributed by atoms with Crippen LogP contribution in [0.2, 0.25) is 5.02 Å². The van der Waals surface area contributed by atoms with Crippen molar-refractivity contribution in [1.82, 2.24) is 15.0 Å². The van der Waals surface area contributed by atoms with Crippen molar-refractivity contribution < 1.29 is 8.78 Å². The number of rotatable bonds is 9. The molecule has 3 aromatic carbocycles. The summed E-state index contributed by atoms with van der Waals surface area (Å²) >= 11 is 6.00. The Bertz CT molecular complexity index is 1200. The highest BCUT2D eigenvalue weighted by Gasteiger charge is 2.07. The normalized spacial score (nSPS) is 10.9. The molecule has 0 amide bonds.